The Balaban J connectivity index is 2.11. The fraction of sp³-hybridized carbons (Fsp3) is 0.462. The first kappa shape index (κ1) is 12.3. The topological polar surface area (TPSA) is 27.1 Å². The molecular weight excluding hydrogens is 271 g/mol. The molecule has 2 aromatic rings. The van der Waals surface area contributed by atoms with E-state index in [1.54, 1.807) is 0 Å². The number of alkyl halides is 1. The highest BCUT2D eigenvalue weighted by atomic mass is 35.5. The smallest absolute Gasteiger partial charge is 0.150 e. The molecule has 1 aromatic heterocycles. The molecule has 2 heterocycles. The molecular formula is C13H14Cl2N2O. The molecule has 1 atom stereocenters. The lowest BCUT2D eigenvalue weighted by molar-refractivity contribution is -0.0368. The van der Waals surface area contributed by atoms with E-state index in [9.17, 15) is 0 Å². The predicted octanol–water partition coefficient (Wildman–Crippen LogP) is 4.13. The first-order valence-corrected chi connectivity index (χ1v) is 7.05. The molecule has 0 bridgehead atoms. The van der Waals surface area contributed by atoms with Gasteiger partial charge in [0.25, 0.3) is 0 Å². The van der Waals surface area contributed by atoms with Crippen LogP contribution in [0.25, 0.3) is 10.9 Å². The summed E-state index contributed by atoms with van der Waals surface area (Å²) >= 11 is 12.0. The van der Waals surface area contributed by atoms with E-state index in [2.05, 4.69) is 5.10 Å². The average molecular weight is 285 g/mol. The Kier molecular flexibility index (Phi) is 3.46. The lowest BCUT2D eigenvalue weighted by Gasteiger charge is -2.23. The molecule has 96 valence electrons. The molecule has 1 aromatic carbocycles. The number of fused-ring (bicyclic) bond motifs is 1. The van der Waals surface area contributed by atoms with Gasteiger partial charge in [0, 0.05) is 17.0 Å². The molecule has 18 heavy (non-hydrogen) atoms. The summed E-state index contributed by atoms with van der Waals surface area (Å²) in [4.78, 5) is 0. The molecule has 0 radical (unpaired) electrons. The third kappa shape index (κ3) is 2.11. The number of benzene rings is 1. The van der Waals surface area contributed by atoms with Crippen molar-refractivity contribution in [1.29, 1.82) is 0 Å². The van der Waals surface area contributed by atoms with Crippen molar-refractivity contribution in [2.75, 3.05) is 6.61 Å². The lowest BCUT2D eigenvalue weighted by Crippen LogP contribution is -2.19. The van der Waals surface area contributed by atoms with Gasteiger partial charge in [-0.05, 0) is 37.5 Å². The summed E-state index contributed by atoms with van der Waals surface area (Å²) in [5.74, 6) is 0.385. The van der Waals surface area contributed by atoms with Crippen LogP contribution in [-0.2, 0) is 10.6 Å². The Bertz CT molecular complexity index is 561. The highest BCUT2D eigenvalue weighted by Crippen LogP contribution is 2.30. The lowest BCUT2D eigenvalue weighted by atomic mass is 10.2. The monoisotopic (exact) mass is 284 g/mol. The number of halogens is 2. The third-order valence-corrected chi connectivity index (χ3v) is 3.79. The van der Waals surface area contributed by atoms with E-state index in [4.69, 9.17) is 27.9 Å². The zero-order valence-corrected chi connectivity index (χ0v) is 11.4. The van der Waals surface area contributed by atoms with E-state index in [1.165, 1.54) is 6.42 Å². The molecule has 1 saturated heterocycles. The van der Waals surface area contributed by atoms with E-state index in [-0.39, 0.29) is 6.23 Å². The normalized spacial score (nSPS) is 20.4. The van der Waals surface area contributed by atoms with Gasteiger partial charge >= 0.3 is 0 Å². The van der Waals surface area contributed by atoms with Gasteiger partial charge in [-0.15, -0.1) is 11.6 Å². The Morgan fingerprint density at radius 2 is 2.28 bits per heavy atom. The van der Waals surface area contributed by atoms with Gasteiger partial charge in [-0.1, -0.05) is 11.6 Å². The van der Waals surface area contributed by atoms with Gasteiger partial charge < -0.3 is 4.74 Å². The Morgan fingerprint density at radius 1 is 1.39 bits per heavy atom. The molecule has 1 fully saturated rings. The summed E-state index contributed by atoms with van der Waals surface area (Å²) < 4.78 is 7.73. The van der Waals surface area contributed by atoms with E-state index >= 15 is 0 Å². The summed E-state index contributed by atoms with van der Waals surface area (Å²) in [5.41, 5.74) is 1.91. The summed E-state index contributed by atoms with van der Waals surface area (Å²) in [5, 5.41) is 6.30. The summed E-state index contributed by atoms with van der Waals surface area (Å²) in [6.45, 7) is 0.801. The van der Waals surface area contributed by atoms with Crippen LogP contribution in [0.4, 0.5) is 0 Å². The Hall–Kier alpha value is -0.770. The molecule has 3 rings (SSSR count). The van der Waals surface area contributed by atoms with Gasteiger partial charge in [-0.3, -0.25) is 0 Å². The molecule has 0 saturated carbocycles. The van der Waals surface area contributed by atoms with Gasteiger partial charge in [0.2, 0.25) is 0 Å². The average Bonchev–Trinajstić information content (AvgIpc) is 2.77. The minimum atomic E-state index is 0.0272. The fourth-order valence-corrected chi connectivity index (χ4v) is 2.78. The van der Waals surface area contributed by atoms with Crippen molar-refractivity contribution in [3.8, 4) is 0 Å². The maximum atomic E-state index is 6.03. The van der Waals surface area contributed by atoms with Crippen molar-refractivity contribution in [3.63, 3.8) is 0 Å². The zero-order chi connectivity index (χ0) is 12.5. The number of aromatic nitrogens is 2. The second-order valence-electron chi connectivity index (χ2n) is 4.51. The fourth-order valence-electron chi connectivity index (χ4n) is 2.41. The van der Waals surface area contributed by atoms with Crippen LogP contribution < -0.4 is 0 Å². The molecule has 0 N–H and O–H groups in total. The standard InChI is InChI=1S/C13H14Cl2N2O/c14-8-11-10-7-9(15)4-5-12(10)17(16-11)13-3-1-2-6-18-13/h4-5,7,13H,1-3,6,8H2. The van der Waals surface area contributed by atoms with Crippen LogP contribution in [0.3, 0.4) is 0 Å². The van der Waals surface area contributed by atoms with Crippen molar-refractivity contribution in [3.05, 3.63) is 28.9 Å². The highest BCUT2D eigenvalue weighted by Gasteiger charge is 2.20. The number of ether oxygens (including phenoxy) is 1. The Labute approximate surface area is 116 Å². The molecule has 1 unspecified atom stereocenters. The Morgan fingerprint density at radius 3 is 3.00 bits per heavy atom. The summed E-state index contributed by atoms with van der Waals surface area (Å²) in [6.07, 6.45) is 3.33. The highest BCUT2D eigenvalue weighted by molar-refractivity contribution is 6.31. The van der Waals surface area contributed by atoms with E-state index in [0.29, 0.717) is 10.9 Å². The second kappa shape index (κ2) is 5.08. The molecule has 0 aliphatic carbocycles. The predicted molar refractivity (Wildman–Crippen MR) is 73.1 cm³/mol. The van der Waals surface area contributed by atoms with Crippen molar-refractivity contribution in [1.82, 2.24) is 9.78 Å². The zero-order valence-electron chi connectivity index (χ0n) is 9.90. The summed E-state index contributed by atoms with van der Waals surface area (Å²) in [6, 6.07) is 5.78. The first-order valence-electron chi connectivity index (χ1n) is 6.14. The van der Waals surface area contributed by atoms with Gasteiger partial charge in [-0.2, -0.15) is 5.10 Å². The maximum Gasteiger partial charge on any atom is 0.150 e. The van der Waals surface area contributed by atoms with Crippen molar-refractivity contribution < 1.29 is 4.74 Å². The van der Waals surface area contributed by atoms with Crippen LogP contribution >= 0.6 is 23.2 Å². The second-order valence-corrected chi connectivity index (χ2v) is 5.21. The number of rotatable bonds is 2. The number of nitrogens with zero attached hydrogens (tertiary/aromatic N) is 2. The number of hydrogen-bond acceptors (Lipinski definition) is 2. The van der Waals surface area contributed by atoms with Crippen LogP contribution in [0.15, 0.2) is 18.2 Å². The first-order chi connectivity index (χ1) is 8.79. The van der Waals surface area contributed by atoms with E-state index in [0.717, 1.165) is 36.0 Å². The third-order valence-electron chi connectivity index (χ3n) is 3.30. The molecule has 1 aliphatic heterocycles. The van der Waals surface area contributed by atoms with E-state index < -0.39 is 0 Å². The maximum absolute atomic E-state index is 6.03. The molecule has 3 nitrogen and oxygen atoms in total. The van der Waals surface area contributed by atoms with Gasteiger partial charge in [-0.25, -0.2) is 4.68 Å². The van der Waals surface area contributed by atoms with Crippen LogP contribution in [0.5, 0.6) is 0 Å². The molecule has 1 aliphatic rings. The van der Waals surface area contributed by atoms with E-state index in [1.807, 2.05) is 22.9 Å². The van der Waals surface area contributed by atoms with Crippen LogP contribution in [0.2, 0.25) is 5.02 Å². The van der Waals surface area contributed by atoms with Crippen molar-refractivity contribution >= 4 is 34.1 Å². The van der Waals surface area contributed by atoms with Gasteiger partial charge in [0.15, 0.2) is 6.23 Å². The van der Waals surface area contributed by atoms with Crippen molar-refractivity contribution in [2.45, 2.75) is 31.4 Å². The minimum absolute atomic E-state index is 0.0272. The molecule has 0 spiro atoms. The number of hydrogen-bond donors (Lipinski definition) is 0. The minimum Gasteiger partial charge on any atom is -0.356 e. The SMILES string of the molecule is ClCc1nn(C2CCCCO2)c2ccc(Cl)cc12. The van der Waals surface area contributed by atoms with Gasteiger partial charge in [0.05, 0.1) is 17.1 Å². The largest absolute Gasteiger partial charge is 0.356 e. The van der Waals surface area contributed by atoms with Crippen LogP contribution in [0, 0.1) is 0 Å². The van der Waals surface area contributed by atoms with Crippen LogP contribution in [0.1, 0.15) is 31.2 Å². The van der Waals surface area contributed by atoms with Crippen LogP contribution in [-0.4, -0.2) is 16.4 Å². The van der Waals surface area contributed by atoms with Gasteiger partial charge in [0.1, 0.15) is 0 Å². The summed E-state index contributed by atoms with van der Waals surface area (Å²) in [7, 11) is 0. The quantitative estimate of drug-likeness (QED) is 0.776. The van der Waals surface area contributed by atoms with Crippen molar-refractivity contribution in [2.24, 2.45) is 0 Å². The molecule has 5 heteroatoms. The molecule has 0 amide bonds.